The van der Waals surface area contributed by atoms with E-state index >= 15 is 0 Å². The van der Waals surface area contributed by atoms with E-state index in [0.717, 1.165) is 18.3 Å². The van der Waals surface area contributed by atoms with Crippen molar-refractivity contribution in [3.63, 3.8) is 0 Å². The molecule has 0 bridgehead atoms. The highest BCUT2D eigenvalue weighted by Crippen LogP contribution is 2.41. The van der Waals surface area contributed by atoms with Crippen molar-refractivity contribution in [2.24, 2.45) is 0 Å². The van der Waals surface area contributed by atoms with Gasteiger partial charge < -0.3 is 14.0 Å². The van der Waals surface area contributed by atoms with Crippen LogP contribution in [-0.2, 0) is 18.8 Å². The Bertz CT molecular complexity index is 525. The zero-order chi connectivity index (χ0) is 18.9. The van der Waals surface area contributed by atoms with Crippen LogP contribution < -0.4 is 0 Å². The van der Waals surface area contributed by atoms with Gasteiger partial charge in [-0.15, -0.1) is 0 Å². The van der Waals surface area contributed by atoms with Crippen molar-refractivity contribution in [3.8, 4) is 0 Å². The maximum atomic E-state index is 12.3. The number of carbonyl (C=O) groups excluding carboxylic acids is 1. The van der Waals surface area contributed by atoms with Gasteiger partial charge in [0.25, 0.3) is 0 Å². The topological polar surface area (TPSA) is 44.8 Å². The molecule has 0 aromatic rings. The van der Waals surface area contributed by atoms with Gasteiger partial charge in [0.05, 0.1) is 17.8 Å². The fraction of sp³-hybridized carbons (Fsp3) is 0.824. The Hall–Kier alpha value is -1.02. The van der Waals surface area contributed by atoms with Gasteiger partial charge in [0.2, 0.25) is 0 Å². The number of esters is 1. The molecule has 2 rings (SSSR count). The van der Waals surface area contributed by atoms with E-state index in [-0.39, 0.29) is 13.0 Å². The van der Waals surface area contributed by atoms with Crippen LogP contribution in [0.2, 0.25) is 0 Å². The Morgan fingerprint density at radius 3 is 2.24 bits per heavy atom. The van der Waals surface area contributed by atoms with Crippen LogP contribution in [0.25, 0.3) is 0 Å². The minimum atomic E-state index is -4.23. The van der Waals surface area contributed by atoms with Crippen LogP contribution in [0.15, 0.2) is 11.0 Å². The van der Waals surface area contributed by atoms with E-state index in [9.17, 15) is 18.0 Å². The summed E-state index contributed by atoms with van der Waals surface area (Å²) in [7, 11) is -0.608. The Labute approximate surface area is 147 Å². The molecular formula is C17H26BF3O4. The van der Waals surface area contributed by atoms with Crippen LogP contribution in [0.3, 0.4) is 0 Å². The molecule has 0 amide bonds. The molecule has 0 N–H and O–H groups in total. The highest BCUT2D eigenvalue weighted by molar-refractivity contribution is 6.55. The van der Waals surface area contributed by atoms with Crippen LogP contribution >= 0.6 is 0 Å². The maximum absolute atomic E-state index is 12.3. The summed E-state index contributed by atoms with van der Waals surface area (Å²) in [4.78, 5) is 12.3. The van der Waals surface area contributed by atoms with Crippen LogP contribution in [0.4, 0.5) is 13.2 Å². The lowest BCUT2D eigenvalue weighted by Gasteiger charge is -2.32. The molecule has 0 atom stereocenters. The van der Waals surface area contributed by atoms with Crippen molar-refractivity contribution in [3.05, 3.63) is 11.0 Å². The molecule has 8 heteroatoms. The lowest BCUT2D eigenvalue weighted by Crippen LogP contribution is -2.41. The number of halogens is 3. The summed E-state index contributed by atoms with van der Waals surface area (Å²) in [5.41, 5.74) is 0.246. The van der Waals surface area contributed by atoms with Gasteiger partial charge in [-0.05, 0) is 65.3 Å². The highest BCUT2D eigenvalue weighted by atomic mass is 19.4. The molecule has 0 spiro atoms. The second kappa shape index (κ2) is 7.31. The third kappa shape index (κ3) is 5.00. The lowest BCUT2D eigenvalue weighted by atomic mass is 9.69. The van der Waals surface area contributed by atoms with E-state index in [4.69, 9.17) is 14.0 Å². The number of alkyl halides is 3. The molecule has 1 fully saturated rings. The Kier molecular flexibility index (Phi) is 5.94. The highest BCUT2D eigenvalue weighted by Gasteiger charge is 2.53. The largest absolute Gasteiger partial charge is 0.491 e. The van der Waals surface area contributed by atoms with Crippen molar-refractivity contribution in [1.29, 1.82) is 0 Å². The summed E-state index contributed by atoms with van der Waals surface area (Å²) >= 11 is 0. The third-order valence-corrected chi connectivity index (χ3v) is 5.13. The van der Waals surface area contributed by atoms with Gasteiger partial charge >= 0.3 is 19.3 Å². The molecule has 1 aliphatic carbocycles. The summed E-state index contributed by atoms with van der Waals surface area (Å²) in [6.07, 6.45) is -2.44. The van der Waals surface area contributed by atoms with Gasteiger partial charge in [-0.2, -0.15) is 13.2 Å². The number of carbonyl (C=O) groups is 1. The molecule has 0 radical (unpaired) electrons. The van der Waals surface area contributed by atoms with E-state index in [2.05, 4.69) is 0 Å². The zero-order valence-electron chi connectivity index (χ0n) is 15.3. The molecule has 1 heterocycles. The normalized spacial score (nSPS) is 23.1. The van der Waals surface area contributed by atoms with Gasteiger partial charge in [-0.25, -0.2) is 4.79 Å². The standard InChI is InChI=1S/C17H26BF3O4/c1-15(2)16(3,4)25-18(24-15)13-9-6-5-8-12(13)14(22)23-11-7-10-17(19,20)21/h5-11H2,1-4H3. The quantitative estimate of drug-likeness (QED) is 0.414. The number of ether oxygens (including phenoxy) is 1. The monoisotopic (exact) mass is 362 g/mol. The summed E-state index contributed by atoms with van der Waals surface area (Å²) < 4.78 is 53.6. The first kappa shape index (κ1) is 20.3. The Morgan fingerprint density at radius 1 is 1.12 bits per heavy atom. The molecule has 142 valence electrons. The van der Waals surface area contributed by atoms with Gasteiger partial charge in [-0.1, -0.05) is 0 Å². The predicted molar refractivity (Wildman–Crippen MR) is 87.8 cm³/mol. The third-order valence-electron chi connectivity index (χ3n) is 5.13. The van der Waals surface area contributed by atoms with Gasteiger partial charge in [-0.3, -0.25) is 0 Å². The van der Waals surface area contributed by atoms with Crippen molar-refractivity contribution in [1.82, 2.24) is 0 Å². The molecule has 4 nitrogen and oxygen atoms in total. The number of hydrogen-bond acceptors (Lipinski definition) is 4. The summed E-state index contributed by atoms with van der Waals surface area (Å²) in [5, 5.41) is 0. The fourth-order valence-corrected chi connectivity index (χ4v) is 2.93. The molecule has 0 saturated carbocycles. The zero-order valence-corrected chi connectivity index (χ0v) is 15.3. The number of allylic oxidation sites excluding steroid dienone is 1. The Morgan fingerprint density at radius 2 is 1.68 bits per heavy atom. The van der Waals surface area contributed by atoms with E-state index in [1.807, 2.05) is 27.7 Å². The summed E-state index contributed by atoms with van der Waals surface area (Å²) in [6.45, 7) is 7.51. The van der Waals surface area contributed by atoms with Crippen LogP contribution in [0.1, 0.15) is 66.2 Å². The SMILES string of the molecule is CC1(C)OB(C2=C(C(=O)OCCCC(F)(F)F)CCCC2)OC1(C)C. The number of hydrogen-bond donors (Lipinski definition) is 0. The molecule has 0 unspecified atom stereocenters. The average molecular weight is 362 g/mol. The molecular weight excluding hydrogens is 336 g/mol. The van der Waals surface area contributed by atoms with Gasteiger partial charge in [0.15, 0.2) is 0 Å². The van der Waals surface area contributed by atoms with E-state index in [0.29, 0.717) is 18.4 Å². The van der Waals surface area contributed by atoms with E-state index in [1.54, 1.807) is 0 Å². The first-order valence-corrected chi connectivity index (χ1v) is 8.74. The molecule has 1 saturated heterocycles. The van der Waals surface area contributed by atoms with Crippen molar-refractivity contribution >= 4 is 13.1 Å². The molecule has 0 aromatic heterocycles. The molecule has 25 heavy (non-hydrogen) atoms. The summed E-state index contributed by atoms with van der Waals surface area (Å²) in [5.74, 6) is -0.549. The second-order valence-corrected chi connectivity index (χ2v) is 7.65. The number of rotatable bonds is 5. The molecule has 2 aliphatic rings. The van der Waals surface area contributed by atoms with Crippen molar-refractivity contribution in [2.45, 2.75) is 83.6 Å². The van der Waals surface area contributed by atoms with E-state index < -0.39 is 36.9 Å². The predicted octanol–water partition coefficient (Wildman–Crippen LogP) is 4.37. The van der Waals surface area contributed by atoms with Crippen LogP contribution in [0.5, 0.6) is 0 Å². The lowest BCUT2D eigenvalue weighted by molar-refractivity contribution is -0.147. The Balaban J connectivity index is 2.04. The average Bonchev–Trinajstić information content (AvgIpc) is 2.71. The molecule has 1 aliphatic heterocycles. The van der Waals surface area contributed by atoms with Crippen molar-refractivity contribution in [2.75, 3.05) is 6.61 Å². The molecule has 0 aromatic carbocycles. The second-order valence-electron chi connectivity index (χ2n) is 7.65. The maximum Gasteiger partial charge on any atom is 0.491 e. The first-order valence-electron chi connectivity index (χ1n) is 8.74. The smallest absolute Gasteiger partial charge is 0.462 e. The van der Waals surface area contributed by atoms with Crippen molar-refractivity contribution < 1.29 is 32.0 Å². The van der Waals surface area contributed by atoms with Gasteiger partial charge in [0, 0.05) is 12.0 Å². The summed E-state index contributed by atoms with van der Waals surface area (Å²) in [6, 6.07) is 0. The fourth-order valence-electron chi connectivity index (χ4n) is 2.93. The first-order chi connectivity index (χ1) is 11.4. The van der Waals surface area contributed by atoms with Gasteiger partial charge in [0.1, 0.15) is 0 Å². The van der Waals surface area contributed by atoms with E-state index in [1.165, 1.54) is 0 Å². The van der Waals surface area contributed by atoms with Crippen LogP contribution in [0, 0.1) is 0 Å². The minimum Gasteiger partial charge on any atom is -0.462 e. The van der Waals surface area contributed by atoms with Crippen LogP contribution in [-0.4, -0.2) is 37.1 Å². The minimum absolute atomic E-state index is 0.228.